The molecule has 5 nitrogen and oxygen atoms in total. The number of nitrogens with zero attached hydrogens (tertiary/aromatic N) is 3. The monoisotopic (exact) mass is 264 g/mol. The molecule has 2 heterocycles. The summed E-state index contributed by atoms with van der Waals surface area (Å²) in [5.41, 5.74) is 1.19. The highest BCUT2D eigenvalue weighted by molar-refractivity contribution is 5.59. The highest BCUT2D eigenvalue weighted by atomic mass is 16.5. The van der Waals surface area contributed by atoms with E-state index in [0.29, 0.717) is 6.04 Å². The van der Waals surface area contributed by atoms with Crippen LogP contribution in [0.2, 0.25) is 0 Å². The predicted molar refractivity (Wildman–Crippen MR) is 77.8 cm³/mol. The Morgan fingerprint density at radius 3 is 2.84 bits per heavy atom. The topological polar surface area (TPSA) is 50.3 Å². The number of aromatic nitrogens is 2. The molecule has 106 valence electrons. The highest BCUT2D eigenvalue weighted by Crippen LogP contribution is 2.28. The zero-order chi connectivity index (χ0) is 13.8. The molecule has 1 aliphatic heterocycles. The standard InChI is InChI=1S/C14H24N4O/c1-5-11-8-19-10(3)7-18(11)14-12(6-2)13(15-4)16-9-17-14/h9-11H,5-8H2,1-4H3,(H,15,16,17). The number of nitrogens with one attached hydrogen (secondary N) is 1. The summed E-state index contributed by atoms with van der Waals surface area (Å²) in [5.74, 6) is 1.99. The first-order chi connectivity index (χ1) is 9.21. The average molecular weight is 264 g/mol. The van der Waals surface area contributed by atoms with Crippen molar-refractivity contribution in [3.8, 4) is 0 Å². The van der Waals surface area contributed by atoms with Crippen LogP contribution in [0.25, 0.3) is 0 Å². The number of hydrogen-bond donors (Lipinski definition) is 1. The van der Waals surface area contributed by atoms with E-state index in [1.165, 1.54) is 5.56 Å². The van der Waals surface area contributed by atoms with Crippen LogP contribution in [0.15, 0.2) is 6.33 Å². The van der Waals surface area contributed by atoms with E-state index in [1.54, 1.807) is 6.33 Å². The fraction of sp³-hybridized carbons (Fsp3) is 0.714. The van der Waals surface area contributed by atoms with Crippen molar-refractivity contribution in [2.24, 2.45) is 0 Å². The molecule has 5 heteroatoms. The minimum absolute atomic E-state index is 0.250. The van der Waals surface area contributed by atoms with Crippen molar-refractivity contribution in [1.29, 1.82) is 0 Å². The molecule has 0 aliphatic carbocycles. The van der Waals surface area contributed by atoms with E-state index in [-0.39, 0.29) is 6.10 Å². The number of anilines is 2. The Morgan fingerprint density at radius 2 is 2.21 bits per heavy atom. The van der Waals surface area contributed by atoms with Gasteiger partial charge in [0.1, 0.15) is 18.0 Å². The summed E-state index contributed by atoms with van der Waals surface area (Å²) in [6.07, 6.45) is 3.89. The summed E-state index contributed by atoms with van der Waals surface area (Å²) < 4.78 is 5.76. The minimum Gasteiger partial charge on any atom is -0.375 e. The van der Waals surface area contributed by atoms with E-state index >= 15 is 0 Å². The van der Waals surface area contributed by atoms with E-state index in [0.717, 1.165) is 37.6 Å². The van der Waals surface area contributed by atoms with Gasteiger partial charge in [0, 0.05) is 19.2 Å². The number of rotatable bonds is 4. The van der Waals surface area contributed by atoms with E-state index in [1.807, 2.05) is 7.05 Å². The molecule has 1 fully saturated rings. The fourth-order valence-electron chi connectivity index (χ4n) is 2.63. The second-order valence-corrected chi connectivity index (χ2v) is 4.99. The summed E-state index contributed by atoms with van der Waals surface area (Å²) in [5, 5.41) is 3.16. The molecule has 2 rings (SSSR count). The van der Waals surface area contributed by atoms with Crippen molar-refractivity contribution < 1.29 is 4.74 Å². The van der Waals surface area contributed by atoms with Gasteiger partial charge in [0.2, 0.25) is 0 Å². The molecule has 0 aromatic carbocycles. The van der Waals surface area contributed by atoms with Gasteiger partial charge in [0.15, 0.2) is 0 Å². The largest absolute Gasteiger partial charge is 0.375 e. The van der Waals surface area contributed by atoms with Gasteiger partial charge in [0.05, 0.1) is 18.8 Å². The molecule has 0 saturated carbocycles. The third-order valence-electron chi connectivity index (χ3n) is 3.72. The quantitative estimate of drug-likeness (QED) is 0.902. The molecular formula is C14H24N4O. The molecule has 0 spiro atoms. The first kappa shape index (κ1) is 14.1. The van der Waals surface area contributed by atoms with Crippen LogP contribution in [0, 0.1) is 0 Å². The Labute approximate surface area is 115 Å². The molecule has 2 unspecified atom stereocenters. The van der Waals surface area contributed by atoms with Gasteiger partial charge in [-0.1, -0.05) is 13.8 Å². The molecule has 1 aromatic heterocycles. The predicted octanol–water partition coefficient (Wildman–Crippen LogP) is 2.08. The van der Waals surface area contributed by atoms with E-state index in [9.17, 15) is 0 Å². The molecule has 0 bridgehead atoms. The van der Waals surface area contributed by atoms with Crippen LogP contribution in [0.4, 0.5) is 11.6 Å². The summed E-state index contributed by atoms with van der Waals surface area (Å²) >= 11 is 0. The summed E-state index contributed by atoms with van der Waals surface area (Å²) in [6.45, 7) is 8.13. The second-order valence-electron chi connectivity index (χ2n) is 4.99. The van der Waals surface area contributed by atoms with Gasteiger partial charge in [-0.2, -0.15) is 0 Å². The zero-order valence-corrected chi connectivity index (χ0v) is 12.3. The molecule has 1 saturated heterocycles. The van der Waals surface area contributed by atoms with Crippen LogP contribution in [-0.2, 0) is 11.2 Å². The van der Waals surface area contributed by atoms with Crippen LogP contribution in [-0.4, -0.2) is 42.3 Å². The number of ether oxygens (including phenoxy) is 1. The van der Waals surface area contributed by atoms with Crippen LogP contribution >= 0.6 is 0 Å². The van der Waals surface area contributed by atoms with E-state index in [2.05, 4.69) is 41.0 Å². The Kier molecular flexibility index (Phi) is 4.58. The van der Waals surface area contributed by atoms with Crippen molar-refractivity contribution in [2.75, 3.05) is 30.4 Å². The van der Waals surface area contributed by atoms with Gasteiger partial charge < -0.3 is 15.0 Å². The normalized spacial score (nSPS) is 23.5. The molecule has 1 aliphatic rings. The Morgan fingerprint density at radius 1 is 1.42 bits per heavy atom. The highest BCUT2D eigenvalue weighted by Gasteiger charge is 2.28. The minimum atomic E-state index is 0.250. The Balaban J connectivity index is 2.38. The first-order valence-electron chi connectivity index (χ1n) is 7.11. The summed E-state index contributed by atoms with van der Waals surface area (Å²) in [7, 11) is 1.91. The number of morpholine rings is 1. The van der Waals surface area contributed by atoms with Crippen LogP contribution in [0.5, 0.6) is 0 Å². The smallest absolute Gasteiger partial charge is 0.137 e. The molecule has 2 atom stereocenters. The van der Waals surface area contributed by atoms with Gasteiger partial charge >= 0.3 is 0 Å². The molecule has 0 radical (unpaired) electrons. The maximum atomic E-state index is 5.76. The maximum absolute atomic E-state index is 5.76. The van der Waals surface area contributed by atoms with E-state index in [4.69, 9.17) is 4.74 Å². The fourth-order valence-corrected chi connectivity index (χ4v) is 2.63. The Hall–Kier alpha value is -1.36. The van der Waals surface area contributed by atoms with Gasteiger partial charge in [-0.25, -0.2) is 9.97 Å². The van der Waals surface area contributed by atoms with Gasteiger partial charge in [-0.05, 0) is 19.8 Å². The van der Waals surface area contributed by atoms with E-state index < -0.39 is 0 Å². The molecule has 19 heavy (non-hydrogen) atoms. The summed E-state index contributed by atoms with van der Waals surface area (Å²) in [4.78, 5) is 11.2. The van der Waals surface area contributed by atoms with Crippen LogP contribution in [0.1, 0.15) is 32.8 Å². The van der Waals surface area contributed by atoms with Crippen LogP contribution < -0.4 is 10.2 Å². The van der Waals surface area contributed by atoms with Gasteiger partial charge in [-0.3, -0.25) is 0 Å². The number of hydrogen-bond acceptors (Lipinski definition) is 5. The van der Waals surface area contributed by atoms with Crippen molar-refractivity contribution in [3.63, 3.8) is 0 Å². The van der Waals surface area contributed by atoms with Crippen molar-refractivity contribution in [1.82, 2.24) is 9.97 Å². The molecule has 0 amide bonds. The molecule has 1 aromatic rings. The van der Waals surface area contributed by atoms with Crippen molar-refractivity contribution in [2.45, 2.75) is 45.8 Å². The molecule has 1 N–H and O–H groups in total. The maximum Gasteiger partial charge on any atom is 0.137 e. The summed E-state index contributed by atoms with van der Waals surface area (Å²) in [6, 6.07) is 0.404. The third-order valence-corrected chi connectivity index (χ3v) is 3.72. The van der Waals surface area contributed by atoms with Crippen LogP contribution in [0.3, 0.4) is 0 Å². The SMILES string of the molecule is CCc1c(NC)ncnc1N1CC(C)OCC1CC. The van der Waals surface area contributed by atoms with Gasteiger partial charge in [0.25, 0.3) is 0 Å². The third kappa shape index (κ3) is 2.81. The lowest BCUT2D eigenvalue weighted by Gasteiger charge is -2.40. The lowest BCUT2D eigenvalue weighted by atomic mass is 10.1. The first-order valence-corrected chi connectivity index (χ1v) is 7.11. The lowest BCUT2D eigenvalue weighted by molar-refractivity contribution is 0.0295. The van der Waals surface area contributed by atoms with Crippen molar-refractivity contribution in [3.05, 3.63) is 11.9 Å². The lowest BCUT2D eigenvalue weighted by Crippen LogP contribution is -2.49. The van der Waals surface area contributed by atoms with Gasteiger partial charge in [-0.15, -0.1) is 0 Å². The second kappa shape index (κ2) is 6.19. The molecular weight excluding hydrogens is 240 g/mol. The zero-order valence-electron chi connectivity index (χ0n) is 12.3. The average Bonchev–Trinajstić information content (AvgIpc) is 2.46. The Bertz CT molecular complexity index is 424. The van der Waals surface area contributed by atoms with Crippen molar-refractivity contribution >= 4 is 11.6 Å².